The standard InChI is InChI=1S/C4H6O2.C3H8O3S/c1-3(2)4(5)6;1-3-6-7(2,4)5/h1H2,2H3,(H,5,6);3H2,1-2H3. The fraction of sp³-hybridized carbons (Fsp3) is 0.571. The molecule has 0 rings (SSSR count). The smallest absolute Gasteiger partial charge is 0.330 e. The topological polar surface area (TPSA) is 80.7 Å². The molecule has 78 valence electrons. The van der Waals surface area contributed by atoms with Crippen LogP contribution in [0.3, 0.4) is 0 Å². The van der Waals surface area contributed by atoms with Gasteiger partial charge >= 0.3 is 5.97 Å². The number of hydrogen-bond donors (Lipinski definition) is 1. The van der Waals surface area contributed by atoms with E-state index < -0.39 is 16.1 Å². The third kappa shape index (κ3) is 18.2. The van der Waals surface area contributed by atoms with Crippen molar-refractivity contribution in [1.82, 2.24) is 0 Å². The van der Waals surface area contributed by atoms with Crippen LogP contribution in [0.5, 0.6) is 0 Å². The molecule has 0 aromatic rings. The van der Waals surface area contributed by atoms with Crippen molar-refractivity contribution >= 4 is 16.1 Å². The van der Waals surface area contributed by atoms with Gasteiger partial charge in [-0.3, -0.25) is 4.18 Å². The summed E-state index contributed by atoms with van der Waals surface area (Å²) in [4.78, 5) is 9.60. The Morgan fingerprint density at radius 3 is 1.85 bits per heavy atom. The average molecular weight is 210 g/mol. The summed E-state index contributed by atoms with van der Waals surface area (Å²) in [5, 5.41) is 7.89. The highest BCUT2D eigenvalue weighted by Crippen LogP contribution is 1.82. The van der Waals surface area contributed by atoms with Crippen molar-refractivity contribution in [3.8, 4) is 0 Å². The Morgan fingerprint density at radius 2 is 1.85 bits per heavy atom. The molecule has 1 N–H and O–H groups in total. The van der Waals surface area contributed by atoms with Crippen LogP contribution in [0.1, 0.15) is 13.8 Å². The first-order valence-electron chi connectivity index (χ1n) is 3.44. The molecule has 0 unspecified atom stereocenters. The fourth-order valence-electron chi connectivity index (χ4n) is 0.214. The first-order valence-corrected chi connectivity index (χ1v) is 5.25. The minimum absolute atomic E-state index is 0.176. The van der Waals surface area contributed by atoms with Gasteiger partial charge in [0.05, 0.1) is 12.9 Å². The average Bonchev–Trinajstić information content (AvgIpc) is 1.85. The number of carboxylic acid groups (broad SMARTS) is 1. The maximum absolute atomic E-state index is 10.0. The van der Waals surface area contributed by atoms with E-state index in [0.29, 0.717) is 0 Å². The van der Waals surface area contributed by atoms with Crippen LogP contribution in [0.15, 0.2) is 12.2 Å². The van der Waals surface area contributed by atoms with Crippen LogP contribution in [0.25, 0.3) is 0 Å². The van der Waals surface area contributed by atoms with E-state index in [2.05, 4.69) is 10.8 Å². The monoisotopic (exact) mass is 210 g/mol. The third-order valence-electron chi connectivity index (χ3n) is 0.697. The van der Waals surface area contributed by atoms with Gasteiger partial charge in [-0.2, -0.15) is 8.42 Å². The number of rotatable bonds is 3. The van der Waals surface area contributed by atoms with Gasteiger partial charge < -0.3 is 5.11 Å². The molecule has 0 aliphatic heterocycles. The van der Waals surface area contributed by atoms with Crippen LogP contribution in [-0.2, 0) is 19.1 Å². The largest absolute Gasteiger partial charge is 0.478 e. The van der Waals surface area contributed by atoms with E-state index in [4.69, 9.17) is 5.11 Å². The number of aliphatic carboxylic acids is 1. The Kier molecular flexibility index (Phi) is 7.45. The van der Waals surface area contributed by atoms with Crippen LogP contribution in [-0.4, -0.2) is 32.4 Å². The lowest BCUT2D eigenvalue weighted by molar-refractivity contribution is -0.132. The van der Waals surface area contributed by atoms with E-state index in [1.807, 2.05) is 0 Å². The summed E-state index contributed by atoms with van der Waals surface area (Å²) in [6.45, 7) is 6.45. The predicted octanol–water partition coefficient (Wildman–Crippen LogP) is 0.630. The zero-order valence-corrected chi connectivity index (χ0v) is 8.72. The Labute approximate surface area is 78.1 Å². The summed E-state index contributed by atoms with van der Waals surface area (Å²) in [5.74, 6) is -0.935. The zero-order valence-electron chi connectivity index (χ0n) is 7.90. The molecule has 0 saturated carbocycles. The van der Waals surface area contributed by atoms with Gasteiger partial charge in [-0.25, -0.2) is 4.79 Å². The molecule has 0 amide bonds. The predicted molar refractivity (Wildman–Crippen MR) is 48.9 cm³/mol. The Balaban J connectivity index is 0. The van der Waals surface area contributed by atoms with Crippen molar-refractivity contribution in [2.24, 2.45) is 0 Å². The van der Waals surface area contributed by atoms with E-state index in [-0.39, 0.29) is 12.2 Å². The van der Waals surface area contributed by atoms with E-state index in [1.54, 1.807) is 6.92 Å². The second-order valence-corrected chi connectivity index (χ2v) is 3.84. The van der Waals surface area contributed by atoms with Gasteiger partial charge in [-0.05, 0) is 13.8 Å². The second kappa shape index (κ2) is 6.62. The van der Waals surface area contributed by atoms with Gasteiger partial charge in [0.25, 0.3) is 10.1 Å². The molecule has 0 aromatic heterocycles. The molecule has 0 spiro atoms. The van der Waals surface area contributed by atoms with Gasteiger partial charge in [0.1, 0.15) is 0 Å². The highest BCUT2D eigenvalue weighted by atomic mass is 32.2. The molecule has 0 aliphatic rings. The van der Waals surface area contributed by atoms with Gasteiger partial charge in [0.15, 0.2) is 0 Å². The van der Waals surface area contributed by atoms with Crippen LogP contribution >= 0.6 is 0 Å². The summed E-state index contributed by atoms with van der Waals surface area (Å²) in [6, 6.07) is 0. The summed E-state index contributed by atoms with van der Waals surface area (Å²) in [5.41, 5.74) is 0.176. The fourth-order valence-corrected chi connectivity index (χ4v) is 0.642. The SMILES string of the molecule is C=C(C)C(=O)O.CCOS(C)(=O)=O. The third-order valence-corrected chi connectivity index (χ3v) is 1.36. The molecule has 0 radical (unpaired) electrons. The molecule has 0 bridgehead atoms. The molecule has 0 fully saturated rings. The first kappa shape index (κ1) is 14.6. The zero-order chi connectivity index (χ0) is 11.1. The van der Waals surface area contributed by atoms with E-state index in [9.17, 15) is 13.2 Å². The van der Waals surface area contributed by atoms with Gasteiger partial charge in [-0.15, -0.1) is 0 Å². The lowest BCUT2D eigenvalue weighted by atomic mass is 10.4. The maximum Gasteiger partial charge on any atom is 0.330 e. The van der Waals surface area contributed by atoms with E-state index >= 15 is 0 Å². The lowest BCUT2D eigenvalue weighted by Gasteiger charge is -1.90. The van der Waals surface area contributed by atoms with Crippen LogP contribution < -0.4 is 0 Å². The molecule has 6 heteroatoms. The van der Waals surface area contributed by atoms with Crippen molar-refractivity contribution in [3.05, 3.63) is 12.2 Å². The van der Waals surface area contributed by atoms with Crippen LogP contribution in [0.2, 0.25) is 0 Å². The minimum Gasteiger partial charge on any atom is -0.478 e. The Hall–Kier alpha value is -0.880. The van der Waals surface area contributed by atoms with Gasteiger partial charge in [0.2, 0.25) is 0 Å². The van der Waals surface area contributed by atoms with Crippen molar-refractivity contribution in [2.45, 2.75) is 13.8 Å². The summed E-state index contributed by atoms with van der Waals surface area (Å²) in [7, 11) is -3.17. The Bertz CT molecular complexity index is 253. The summed E-state index contributed by atoms with van der Waals surface area (Å²) in [6.07, 6.45) is 1.02. The van der Waals surface area contributed by atoms with E-state index in [1.165, 1.54) is 6.92 Å². The molecule has 0 aromatic carbocycles. The molecule has 0 atom stereocenters. The molecule has 0 heterocycles. The van der Waals surface area contributed by atoms with E-state index in [0.717, 1.165) is 6.26 Å². The molecular weight excluding hydrogens is 196 g/mol. The normalized spacial score (nSPS) is 9.77. The van der Waals surface area contributed by atoms with Crippen molar-refractivity contribution in [2.75, 3.05) is 12.9 Å². The Morgan fingerprint density at radius 1 is 1.54 bits per heavy atom. The van der Waals surface area contributed by atoms with Crippen molar-refractivity contribution < 1.29 is 22.5 Å². The minimum atomic E-state index is -3.17. The number of carbonyl (C=O) groups is 1. The second-order valence-electron chi connectivity index (χ2n) is 2.20. The number of carboxylic acids is 1. The first-order chi connectivity index (χ1) is 5.70. The van der Waals surface area contributed by atoms with Gasteiger partial charge in [0, 0.05) is 5.57 Å². The van der Waals surface area contributed by atoms with Crippen molar-refractivity contribution in [3.63, 3.8) is 0 Å². The summed E-state index contributed by atoms with van der Waals surface area (Å²) >= 11 is 0. The molecular formula is C7H14O5S. The highest BCUT2D eigenvalue weighted by Gasteiger charge is 1.94. The quantitative estimate of drug-likeness (QED) is 0.545. The van der Waals surface area contributed by atoms with Crippen molar-refractivity contribution in [1.29, 1.82) is 0 Å². The van der Waals surface area contributed by atoms with Crippen LogP contribution in [0, 0.1) is 0 Å². The molecule has 0 saturated heterocycles. The number of hydrogen-bond acceptors (Lipinski definition) is 4. The van der Waals surface area contributed by atoms with Gasteiger partial charge in [-0.1, -0.05) is 6.58 Å². The summed E-state index contributed by atoms with van der Waals surface area (Å²) < 4.78 is 24.2. The molecule has 0 aliphatic carbocycles. The van der Waals surface area contributed by atoms with Crippen LogP contribution in [0.4, 0.5) is 0 Å². The molecule has 13 heavy (non-hydrogen) atoms. The lowest BCUT2D eigenvalue weighted by Crippen LogP contribution is -2.00. The highest BCUT2D eigenvalue weighted by molar-refractivity contribution is 7.85. The maximum atomic E-state index is 10.0. The molecule has 5 nitrogen and oxygen atoms in total.